The van der Waals surface area contributed by atoms with Gasteiger partial charge in [0.25, 0.3) is 0 Å². The molecule has 0 aliphatic heterocycles. The summed E-state index contributed by atoms with van der Waals surface area (Å²) in [6.45, 7) is 0. The van der Waals surface area contributed by atoms with Gasteiger partial charge in [0.1, 0.15) is 22.3 Å². The van der Waals surface area contributed by atoms with Crippen LogP contribution in [0.1, 0.15) is 11.1 Å². The van der Waals surface area contributed by atoms with E-state index < -0.39 is 0 Å². The molecular formula is C42H28Au2N4O2-2. The molecule has 0 saturated heterocycles. The van der Waals surface area contributed by atoms with Gasteiger partial charge in [-0.2, -0.15) is 0 Å². The Hall–Kier alpha value is -5.28. The van der Waals surface area contributed by atoms with Crippen LogP contribution < -0.4 is 9.13 Å². The summed E-state index contributed by atoms with van der Waals surface area (Å²) in [6.07, 6.45) is 24.2. The zero-order chi connectivity index (χ0) is 33.0. The molecular weight excluding hydrogens is 986 g/mol. The van der Waals surface area contributed by atoms with Crippen LogP contribution in [0, 0.1) is 37.3 Å². The van der Waals surface area contributed by atoms with E-state index in [9.17, 15) is 0 Å². The molecule has 9 aromatic rings. The van der Waals surface area contributed by atoms with Crippen LogP contribution in [0.5, 0.6) is 0 Å². The maximum atomic E-state index is 7.06. The Bertz CT molecular complexity index is 2460. The Morgan fingerprint density at radius 2 is 0.900 bits per heavy atom. The van der Waals surface area contributed by atoms with Crippen molar-refractivity contribution in [2.24, 2.45) is 14.1 Å². The molecule has 4 heterocycles. The van der Waals surface area contributed by atoms with Crippen molar-refractivity contribution >= 4 is 43.9 Å². The first-order valence-corrected chi connectivity index (χ1v) is 15.2. The van der Waals surface area contributed by atoms with Gasteiger partial charge >= 0.3 is 0 Å². The fourth-order valence-corrected chi connectivity index (χ4v) is 5.65. The maximum Gasteiger partial charge on any atom is 0.202 e. The number of para-hydroxylation sites is 2. The molecule has 2 N–H and O–H groups in total. The summed E-state index contributed by atoms with van der Waals surface area (Å²) in [6, 6.07) is 35.5. The van der Waals surface area contributed by atoms with E-state index in [0.29, 0.717) is 0 Å². The third-order valence-electron chi connectivity index (χ3n) is 7.93. The second-order valence-electron chi connectivity index (χ2n) is 11.2. The number of H-pyrrole nitrogens is 2. The molecule has 50 heavy (non-hydrogen) atoms. The molecule has 9 rings (SSSR count). The monoisotopic (exact) mass is 1010 g/mol. The second-order valence-corrected chi connectivity index (χ2v) is 11.2. The summed E-state index contributed by atoms with van der Waals surface area (Å²) in [4.78, 5) is 6.29. The van der Waals surface area contributed by atoms with Crippen molar-refractivity contribution in [3.8, 4) is 34.4 Å². The first-order chi connectivity index (χ1) is 23.5. The first-order valence-electron chi connectivity index (χ1n) is 15.2. The van der Waals surface area contributed by atoms with Crippen LogP contribution >= 0.6 is 0 Å². The molecule has 6 nitrogen and oxygen atoms in total. The predicted octanol–water partition coefficient (Wildman–Crippen LogP) is 7.97. The Morgan fingerprint density at radius 1 is 0.520 bits per heavy atom. The summed E-state index contributed by atoms with van der Waals surface area (Å²) in [5.74, 6) is 4.71. The first kappa shape index (κ1) is 36.0. The number of fused-ring (bicyclic) bond motifs is 6. The summed E-state index contributed by atoms with van der Waals surface area (Å²) < 4.78 is 15.1. The van der Waals surface area contributed by atoms with Gasteiger partial charge in [0.2, 0.25) is 12.7 Å². The maximum absolute atomic E-state index is 7.06. The van der Waals surface area contributed by atoms with Crippen LogP contribution in [0.15, 0.2) is 130 Å². The molecule has 4 aromatic heterocycles. The van der Waals surface area contributed by atoms with Crippen LogP contribution in [0.4, 0.5) is 0 Å². The minimum atomic E-state index is 0. The average Bonchev–Trinajstić information content (AvgIpc) is 3.93. The van der Waals surface area contributed by atoms with E-state index in [4.69, 9.17) is 21.7 Å². The van der Waals surface area contributed by atoms with Crippen molar-refractivity contribution in [1.82, 2.24) is 9.97 Å². The molecule has 8 heteroatoms. The van der Waals surface area contributed by atoms with Gasteiger partial charge in [0, 0.05) is 77.7 Å². The molecule has 0 atom stereocenters. The zero-order valence-corrected chi connectivity index (χ0v) is 31.2. The summed E-state index contributed by atoms with van der Waals surface area (Å²) >= 11 is 0. The van der Waals surface area contributed by atoms with Crippen molar-refractivity contribution in [2.75, 3.05) is 0 Å². The van der Waals surface area contributed by atoms with E-state index in [0.717, 1.165) is 77.5 Å². The summed E-state index contributed by atoms with van der Waals surface area (Å²) in [7, 11) is 3.90. The third kappa shape index (κ3) is 7.48. The predicted molar refractivity (Wildman–Crippen MR) is 186 cm³/mol. The minimum absolute atomic E-state index is 0. The van der Waals surface area contributed by atoms with Crippen molar-refractivity contribution < 1.29 is 62.7 Å². The van der Waals surface area contributed by atoms with Gasteiger partial charge in [0.05, 0.1) is 14.1 Å². The number of aromatic nitrogens is 4. The summed E-state index contributed by atoms with van der Waals surface area (Å²) in [5, 5.41) is 4.40. The van der Waals surface area contributed by atoms with Crippen LogP contribution in [0.2, 0.25) is 0 Å². The molecule has 0 saturated carbocycles. The quantitative estimate of drug-likeness (QED) is 0.0800. The van der Waals surface area contributed by atoms with Crippen molar-refractivity contribution in [3.63, 3.8) is 0 Å². The molecule has 5 aromatic carbocycles. The van der Waals surface area contributed by atoms with Crippen LogP contribution in [-0.2, 0) is 58.9 Å². The molecule has 0 fully saturated rings. The SMILES string of the molecule is C[n+]1[c-][nH]c(-c2ccccc2-c2c[n+](C)[c-][nH]2)c1.[Au].[Au].[C-]#Cc1ccc2c(c1)oc1ccccc12.[C-]#Cc1ccc2c(c1)oc1ccccc12. The van der Waals surface area contributed by atoms with Crippen molar-refractivity contribution in [2.45, 2.75) is 0 Å². The van der Waals surface area contributed by atoms with Crippen LogP contribution in [0.3, 0.4) is 0 Å². The van der Waals surface area contributed by atoms with Gasteiger partial charge in [-0.25, -0.2) is 0 Å². The van der Waals surface area contributed by atoms with E-state index in [1.54, 1.807) is 0 Å². The van der Waals surface area contributed by atoms with Gasteiger partial charge in [-0.05, 0) is 35.7 Å². The average molecular weight is 1010 g/mol. The number of nitrogens with zero attached hydrogens (tertiary/aromatic N) is 2. The third-order valence-corrected chi connectivity index (χ3v) is 7.93. The largest absolute Gasteiger partial charge is 0.458 e. The van der Waals surface area contributed by atoms with E-state index in [1.165, 1.54) is 0 Å². The smallest absolute Gasteiger partial charge is 0.202 e. The van der Waals surface area contributed by atoms with Gasteiger partial charge in [-0.3, -0.25) is 11.8 Å². The van der Waals surface area contributed by atoms with Crippen molar-refractivity contribution in [1.29, 1.82) is 0 Å². The molecule has 0 spiro atoms. The molecule has 252 valence electrons. The van der Waals surface area contributed by atoms with Gasteiger partial charge in [-0.1, -0.05) is 84.9 Å². The summed E-state index contributed by atoms with van der Waals surface area (Å²) in [5.41, 5.74) is 9.25. The normalized spacial score (nSPS) is 10.2. The number of hydrogen-bond acceptors (Lipinski definition) is 2. The number of nitrogens with one attached hydrogen (secondary N) is 2. The van der Waals surface area contributed by atoms with Gasteiger partial charge in [0.15, 0.2) is 0 Å². The molecule has 2 radical (unpaired) electrons. The number of rotatable bonds is 2. The number of aromatic amines is 2. The van der Waals surface area contributed by atoms with Crippen molar-refractivity contribution in [3.05, 3.63) is 158 Å². The molecule has 0 bridgehead atoms. The Balaban J connectivity index is 0.000000144. The Kier molecular flexibility index (Phi) is 11.5. The van der Waals surface area contributed by atoms with E-state index in [1.807, 2.05) is 133 Å². The Morgan fingerprint density at radius 3 is 1.28 bits per heavy atom. The van der Waals surface area contributed by atoms with Crippen LogP contribution in [-0.4, -0.2) is 9.97 Å². The molecule has 0 aliphatic carbocycles. The van der Waals surface area contributed by atoms with Gasteiger partial charge in [-0.15, -0.1) is 23.3 Å². The molecule has 0 amide bonds. The fourth-order valence-electron chi connectivity index (χ4n) is 5.65. The zero-order valence-electron chi connectivity index (χ0n) is 26.9. The van der Waals surface area contributed by atoms with E-state index >= 15 is 0 Å². The molecule has 0 aliphatic rings. The number of furan rings is 2. The molecule has 0 unspecified atom stereocenters. The second kappa shape index (κ2) is 16.0. The number of aryl methyl sites for hydroxylation is 2. The fraction of sp³-hybridized carbons (Fsp3) is 0.0476. The van der Waals surface area contributed by atoms with E-state index in [-0.39, 0.29) is 44.8 Å². The van der Waals surface area contributed by atoms with Gasteiger partial charge < -0.3 is 40.8 Å². The number of imidazole rings is 2. The van der Waals surface area contributed by atoms with Crippen LogP contribution in [0.25, 0.3) is 66.4 Å². The minimum Gasteiger partial charge on any atom is -0.458 e. The number of hydrogen-bond donors (Lipinski definition) is 2. The number of benzene rings is 5. The van der Waals surface area contributed by atoms with E-state index in [2.05, 4.69) is 46.6 Å². The standard InChI is InChI=1S/C14H14N4.2C14H7O.2Au/c1-17-7-13(15-9-17)11-5-3-4-6-12(11)14-8-18(2)10-16-14;2*1-2-10-7-8-12-11-5-3-4-6-13(11)15-14(12)9-10;;/h3-8,15-16H,1-2H3;2*3-9H;;/q;2*-1;;. The Labute approximate surface area is 321 Å². The topological polar surface area (TPSA) is 65.6 Å².